The molecule has 2 amide bonds. The second kappa shape index (κ2) is 5.18. The van der Waals surface area contributed by atoms with Gasteiger partial charge in [-0.15, -0.1) is 17.7 Å². The smallest absolute Gasteiger partial charge is 0.329 e. The van der Waals surface area contributed by atoms with Crippen molar-refractivity contribution in [1.82, 2.24) is 14.8 Å². The molecule has 0 radical (unpaired) electrons. The molecule has 1 unspecified atom stereocenters. The molecule has 1 heterocycles. The number of hydrogen-bond donors (Lipinski definition) is 1. The minimum Gasteiger partial charge on any atom is -0.329 e. The Morgan fingerprint density at radius 3 is 2.56 bits per heavy atom. The summed E-state index contributed by atoms with van der Waals surface area (Å²) in [6, 6.07) is -0.161. The van der Waals surface area contributed by atoms with E-state index >= 15 is 0 Å². The molecule has 1 aliphatic rings. The lowest BCUT2D eigenvalue weighted by molar-refractivity contribution is 0.159. The molecule has 0 bridgehead atoms. The Bertz CT molecular complexity index is 306. The molecule has 0 aromatic heterocycles. The predicted octanol–water partition coefficient (Wildman–Crippen LogP) is 1.54. The highest BCUT2D eigenvalue weighted by Crippen LogP contribution is 2.26. The van der Waals surface area contributed by atoms with Crippen molar-refractivity contribution in [2.24, 2.45) is 5.10 Å². The van der Waals surface area contributed by atoms with E-state index in [0.717, 1.165) is 5.17 Å². The van der Waals surface area contributed by atoms with Gasteiger partial charge in [0.1, 0.15) is 0 Å². The van der Waals surface area contributed by atoms with Crippen LogP contribution in [0.25, 0.3) is 0 Å². The van der Waals surface area contributed by atoms with Crippen molar-refractivity contribution < 1.29 is 4.79 Å². The van der Waals surface area contributed by atoms with Crippen molar-refractivity contribution in [3.8, 4) is 0 Å². The van der Waals surface area contributed by atoms with Crippen LogP contribution in [-0.4, -0.2) is 57.9 Å². The molecule has 1 atom stereocenters. The summed E-state index contributed by atoms with van der Waals surface area (Å²) in [6.07, 6.45) is 0. The zero-order valence-electron chi connectivity index (χ0n) is 10.2. The minimum atomic E-state index is -0.323. The molecule has 0 aromatic rings. The SMILES string of the molecule is CC(C)SC1=NN(C(=O)N(C)C)C(S)N1C. The molecular formula is C9H18N4OS2. The maximum atomic E-state index is 11.8. The van der Waals surface area contributed by atoms with Gasteiger partial charge in [0.15, 0.2) is 10.7 Å². The number of amidine groups is 1. The van der Waals surface area contributed by atoms with Crippen LogP contribution in [0.1, 0.15) is 13.8 Å². The van der Waals surface area contributed by atoms with E-state index in [0.29, 0.717) is 5.25 Å². The zero-order chi connectivity index (χ0) is 12.5. The summed E-state index contributed by atoms with van der Waals surface area (Å²) in [5, 5.41) is 6.92. The first kappa shape index (κ1) is 13.5. The lowest BCUT2D eigenvalue weighted by atomic mass is 10.6. The Morgan fingerprint density at radius 2 is 2.12 bits per heavy atom. The largest absolute Gasteiger partial charge is 0.342 e. The molecule has 0 aliphatic carbocycles. The third kappa shape index (κ3) is 2.76. The lowest BCUT2D eigenvalue weighted by Gasteiger charge is -2.25. The Kier molecular flexibility index (Phi) is 4.37. The molecule has 0 saturated heterocycles. The van der Waals surface area contributed by atoms with E-state index in [-0.39, 0.29) is 11.5 Å². The first-order chi connectivity index (χ1) is 7.34. The summed E-state index contributed by atoms with van der Waals surface area (Å²) in [6.45, 7) is 4.18. The fourth-order valence-corrected chi connectivity index (χ4v) is 2.30. The monoisotopic (exact) mass is 262 g/mol. The minimum absolute atomic E-state index is 0.161. The number of carbonyl (C=O) groups is 1. The highest BCUT2D eigenvalue weighted by molar-refractivity contribution is 8.14. The van der Waals surface area contributed by atoms with Crippen LogP contribution in [0.5, 0.6) is 0 Å². The first-order valence-corrected chi connectivity index (χ1v) is 6.41. The van der Waals surface area contributed by atoms with Crippen LogP contribution in [0.3, 0.4) is 0 Å². The number of amides is 2. The average molecular weight is 262 g/mol. The number of hydrazone groups is 1. The van der Waals surface area contributed by atoms with Crippen LogP contribution in [0, 0.1) is 0 Å². The number of rotatable bonds is 1. The average Bonchev–Trinajstić information content (AvgIpc) is 2.44. The number of thioether (sulfide) groups is 1. The van der Waals surface area contributed by atoms with Crippen molar-refractivity contribution >= 4 is 35.6 Å². The van der Waals surface area contributed by atoms with Gasteiger partial charge in [-0.25, -0.2) is 4.79 Å². The van der Waals surface area contributed by atoms with Gasteiger partial charge in [-0.2, -0.15) is 5.01 Å². The molecule has 1 rings (SSSR count). The van der Waals surface area contributed by atoms with Gasteiger partial charge >= 0.3 is 6.03 Å². The number of urea groups is 1. The number of hydrogen-bond acceptors (Lipinski definition) is 5. The standard InChI is InChI=1S/C9H18N4OS2/c1-6(2)16-7-10-13(8(14)11(3)4)9(15)12(7)5/h6,9,15H,1-5H3. The van der Waals surface area contributed by atoms with E-state index in [1.54, 1.807) is 25.9 Å². The fraction of sp³-hybridized carbons (Fsp3) is 0.778. The van der Waals surface area contributed by atoms with Crippen molar-refractivity contribution in [1.29, 1.82) is 0 Å². The van der Waals surface area contributed by atoms with Crippen molar-refractivity contribution in [3.63, 3.8) is 0 Å². The molecule has 0 N–H and O–H groups in total. The Hall–Kier alpha value is -0.560. The number of thiol groups is 1. The van der Waals surface area contributed by atoms with Crippen LogP contribution in [0.2, 0.25) is 0 Å². The topological polar surface area (TPSA) is 39.2 Å². The van der Waals surface area contributed by atoms with Gasteiger partial charge in [-0.1, -0.05) is 25.6 Å². The summed E-state index contributed by atoms with van der Waals surface area (Å²) in [5.41, 5.74) is -0.323. The van der Waals surface area contributed by atoms with Crippen molar-refractivity contribution in [3.05, 3.63) is 0 Å². The van der Waals surface area contributed by atoms with Crippen LogP contribution in [-0.2, 0) is 0 Å². The molecule has 5 nitrogen and oxygen atoms in total. The number of nitrogens with zero attached hydrogens (tertiary/aromatic N) is 4. The quantitative estimate of drug-likeness (QED) is 0.729. The van der Waals surface area contributed by atoms with E-state index < -0.39 is 0 Å². The molecule has 0 aromatic carbocycles. The summed E-state index contributed by atoms with van der Waals surface area (Å²) in [4.78, 5) is 15.2. The van der Waals surface area contributed by atoms with E-state index in [1.807, 2.05) is 11.9 Å². The summed E-state index contributed by atoms with van der Waals surface area (Å²) >= 11 is 6.00. The van der Waals surface area contributed by atoms with E-state index in [1.165, 1.54) is 9.91 Å². The second-order valence-corrected chi connectivity index (χ2v) is 6.03. The van der Waals surface area contributed by atoms with Crippen molar-refractivity contribution in [2.75, 3.05) is 21.1 Å². The molecule has 0 fully saturated rings. The maximum absolute atomic E-state index is 11.8. The molecular weight excluding hydrogens is 244 g/mol. The van der Waals surface area contributed by atoms with Crippen LogP contribution in [0.15, 0.2) is 5.10 Å². The van der Waals surface area contributed by atoms with Crippen molar-refractivity contribution in [2.45, 2.75) is 24.6 Å². The third-order valence-corrected chi connectivity index (χ3v) is 3.60. The van der Waals surface area contributed by atoms with E-state index in [2.05, 4.69) is 31.6 Å². The van der Waals surface area contributed by atoms with E-state index in [4.69, 9.17) is 0 Å². The van der Waals surface area contributed by atoms with Crippen LogP contribution < -0.4 is 0 Å². The Balaban J connectivity index is 2.81. The van der Waals surface area contributed by atoms with Gasteiger partial charge in [0.2, 0.25) is 0 Å². The Labute approximate surface area is 106 Å². The third-order valence-electron chi connectivity index (χ3n) is 1.98. The molecule has 7 heteroatoms. The highest BCUT2D eigenvalue weighted by atomic mass is 32.2. The molecule has 92 valence electrons. The zero-order valence-corrected chi connectivity index (χ0v) is 11.9. The van der Waals surface area contributed by atoms with Crippen LogP contribution in [0.4, 0.5) is 4.79 Å². The Morgan fingerprint density at radius 1 is 1.56 bits per heavy atom. The van der Waals surface area contributed by atoms with Gasteiger partial charge < -0.3 is 9.80 Å². The summed E-state index contributed by atoms with van der Waals surface area (Å²) < 4.78 is 0. The molecule has 0 spiro atoms. The lowest BCUT2D eigenvalue weighted by Crippen LogP contribution is -2.42. The van der Waals surface area contributed by atoms with E-state index in [9.17, 15) is 4.79 Å². The highest BCUT2D eigenvalue weighted by Gasteiger charge is 2.34. The molecule has 1 aliphatic heterocycles. The van der Waals surface area contributed by atoms with Gasteiger partial charge in [-0.3, -0.25) is 0 Å². The summed E-state index contributed by atoms with van der Waals surface area (Å²) in [7, 11) is 5.28. The molecule has 0 saturated carbocycles. The first-order valence-electron chi connectivity index (χ1n) is 5.01. The van der Waals surface area contributed by atoms with Gasteiger partial charge in [0, 0.05) is 26.4 Å². The second-order valence-electron chi connectivity index (χ2n) is 4.03. The van der Waals surface area contributed by atoms with Crippen LogP contribution >= 0.6 is 24.4 Å². The predicted molar refractivity (Wildman–Crippen MR) is 71.6 cm³/mol. The maximum Gasteiger partial charge on any atom is 0.342 e. The van der Waals surface area contributed by atoms with Gasteiger partial charge in [0.05, 0.1) is 0 Å². The fourth-order valence-electron chi connectivity index (χ4n) is 1.14. The normalized spacial score (nSPS) is 20.4. The molecule has 16 heavy (non-hydrogen) atoms. The van der Waals surface area contributed by atoms with Gasteiger partial charge in [-0.05, 0) is 0 Å². The summed E-state index contributed by atoms with van der Waals surface area (Å²) in [5.74, 6) is 0. The van der Waals surface area contributed by atoms with Gasteiger partial charge in [0.25, 0.3) is 0 Å². The number of carbonyl (C=O) groups excluding carboxylic acids is 1.